The van der Waals surface area contributed by atoms with Gasteiger partial charge in [-0.25, -0.2) is 4.79 Å². The molecule has 0 spiro atoms. The average Bonchev–Trinajstić information content (AvgIpc) is 2.86. The van der Waals surface area contributed by atoms with Gasteiger partial charge in [0.25, 0.3) is 0 Å². The van der Waals surface area contributed by atoms with Crippen molar-refractivity contribution in [2.45, 2.75) is 70.1 Å². The Morgan fingerprint density at radius 2 is 1.63 bits per heavy atom. The van der Waals surface area contributed by atoms with Crippen LogP contribution in [-0.4, -0.2) is 17.0 Å². The van der Waals surface area contributed by atoms with Crippen molar-refractivity contribution in [3.8, 4) is 5.75 Å². The van der Waals surface area contributed by atoms with Crippen molar-refractivity contribution in [3.63, 3.8) is 0 Å². The van der Waals surface area contributed by atoms with E-state index in [1.807, 2.05) is 24.3 Å². The molecule has 0 bridgehead atoms. The summed E-state index contributed by atoms with van der Waals surface area (Å²) in [4.78, 5) is 25.4. The lowest BCUT2D eigenvalue weighted by molar-refractivity contribution is -0.136. The zero-order valence-electron chi connectivity index (χ0n) is 22.5. The Kier molecular flexibility index (Phi) is 7.85. The molecule has 0 saturated carbocycles. The Hall–Kier alpha value is -3.37. The summed E-state index contributed by atoms with van der Waals surface area (Å²) in [5.41, 5.74) is 5.27. The summed E-state index contributed by atoms with van der Waals surface area (Å²) in [5, 5.41) is 10.1. The molecule has 3 aromatic carbocycles. The molecule has 0 saturated heterocycles. The second-order valence-corrected chi connectivity index (χ2v) is 11.9. The normalized spacial score (nSPS) is 16.2. The molecule has 3 aromatic rings. The summed E-state index contributed by atoms with van der Waals surface area (Å²) in [6, 6.07) is 18.5. The first-order valence-corrected chi connectivity index (χ1v) is 13.4. The molecule has 0 aromatic heterocycles. The van der Waals surface area contributed by atoms with Crippen LogP contribution < -0.4 is 4.74 Å². The summed E-state index contributed by atoms with van der Waals surface area (Å²) in [7, 11) is 0. The number of carboxylic acids is 1. The third-order valence-electron chi connectivity index (χ3n) is 7.81. The molecule has 5 heteroatoms. The molecule has 0 aliphatic heterocycles. The maximum absolute atomic E-state index is 13.7. The highest BCUT2D eigenvalue weighted by Gasteiger charge is 2.38. The highest BCUT2D eigenvalue weighted by atomic mass is 35.5. The van der Waals surface area contributed by atoms with E-state index >= 15 is 0 Å². The maximum Gasteiger partial charge on any atom is 0.335 e. The number of benzene rings is 3. The van der Waals surface area contributed by atoms with Gasteiger partial charge in [0.2, 0.25) is 0 Å². The number of carboxylic acid groups (broad SMARTS) is 1. The number of esters is 1. The molecule has 4 nitrogen and oxygen atoms in total. The molecular weight excluding hydrogens is 496 g/mol. The van der Waals surface area contributed by atoms with Crippen LogP contribution in [0.2, 0.25) is 5.02 Å². The molecule has 198 valence electrons. The van der Waals surface area contributed by atoms with Crippen LogP contribution >= 0.6 is 11.6 Å². The van der Waals surface area contributed by atoms with Crippen molar-refractivity contribution in [1.29, 1.82) is 0 Å². The summed E-state index contributed by atoms with van der Waals surface area (Å²) in [6.07, 6.45) is 4.63. The predicted molar refractivity (Wildman–Crippen MR) is 153 cm³/mol. The Labute approximate surface area is 230 Å². The van der Waals surface area contributed by atoms with Gasteiger partial charge in [0, 0.05) is 5.02 Å². The number of carbonyl (C=O) groups is 2. The quantitative estimate of drug-likeness (QED) is 0.182. The first-order chi connectivity index (χ1) is 17.9. The fraction of sp³-hybridized carbons (Fsp3) is 0.333. The number of hydrogen-bond donors (Lipinski definition) is 1. The van der Waals surface area contributed by atoms with E-state index in [0.717, 1.165) is 24.0 Å². The first kappa shape index (κ1) is 27.7. The van der Waals surface area contributed by atoms with E-state index in [4.69, 9.17) is 16.3 Å². The minimum Gasteiger partial charge on any atom is -0.478 e. The van der Waals surface area contributed by atoms with Crippen LogP contribution in [0.25, 0.3) is 0 Å². The van der Waals surface area contributed by atoms with Gasteiger partial charge in [0.1, 0.15) is 5.75 Å². The largest absolute Gasteiger partial charge is 0.478 e. The Morgan fingerprint density at radius 3 is 2.26 bits per heavy atom. The molecule has 0 amide bonds. The van der Waals surface area contributed by atoms with E-state index in [1.165, 1.54) is 23.3 Å². The van der Waals surface area contributed by atoms with E-state index < -0.39 is 11.9 Å². The second-order valence-electron chi connectivity index (χ2n) is 11.5. The molecule has 0 radical (unpaired) electrons. The van der Waals surface area contributed by atoms with Crippen LogP contribution in [0.4, 0.5) is 0 Å². The van der Waals surface area contributed by atoms with E-state index in [1.54, 1.807) is 12.1 Å². The van der Waals surface area contributed by atoms with Crippen molar-refractivity contribution in [2.75, 3.05) is 0 Å². The Bertz CT molecular complexity index is 1370. The van der Waals surface area contributed by atoms with Crippen molar-refractivity contribution < 1.29 is 19.4 Å². The van der Waals surface area contributed by atoms with Gasteiger partial charge >= 0.3 is 11.9 Å². The lowest BCUT2D eigenvalue weighted by Crippen LogP contribution is -2.34. The number of halogens is 1. The van der Waals surface area contributed by atoms with Gasteiger partial charge in [0.15, 0.2) is 0 Å². The third kappa shape index (κ3) is 5.86. The second kappa shape index (κ2) is 10.8. The molecule has 4 rings (SSSR count). The van der Waals surface area contributed by atoms with Crippen LogP contribution in [0.1, 0.15) is 84.6 Å². The standard InChI is InChI=1S/C33H35ClO4/c1-6-7-22-19-25(13-14-26(22)30(35)36)38-31(37)27(18-21-8-11-24(34)12-9-21)23-10-15-28-29(20-23)33(4,5)17-16-32(28,2)3/h6,8-15,19-20,27H,1,7,16-18H2,2-5H3,(H,35,36). The van der Waals surface area contributed by atoms with Gasteiger partial charge in [-0.2, -0.15) is 0 Å². The molecule has 1 N–H and O–H groups in total. The van der Waals surface area contributed by atoms with Crippen LogP contribution in [-0.2, 0) is 28.5 Å². The van der Waals surface area contributed by atoms with Crippen molar-refractivity contribution in [2.24, 2.45) is 0 Å². The van der Waals surface area contributed by atoms with E-state index in [-0.39, 0.29) is 22.4 Å². The lowest BCUT2D eigenvalue weighted by atomic mass is 9.62. The molecular formula is C33H35ClO4. The van der Waals surface area contributed by atoms with Crippen molar-refractivity contribution in [3.05, 3.63) is 112 Å². The molecule has 0 heterocycles. The fourth-order valence-corrected chi connectivity index (χ4v) is 5.50. The monoisotopic (exact) mass is 530 g/mol. The molecule has 38 heavy (non-hydrogen) atoms. The van der Waals surface area contributed by atoms with Crippen molar-refractivity contribution in [1.82, 2.24) is 0 Å². The zero-order chi connectivity index (χ0) is 27.7. The highest BCUT2D eigenvalue weighted by Crippen LogP contribution is 2.46. The lowest BCUT2D eigenvalue weighted by Gasteiger charge is -2.42. The minimum atomic E-state index is -1.03. The maximum atomic E-state index is 13.7. The highest BCUT2D eigenvalue weighted by molar-refractivity contribution is 6.30. The summed E-state index contributed by atoms with van der Waals surface area (Å²) < 4.78 is 5.89. The number of rotatable bonds is 8. The number of aromatic carboxylic acids is 1. The molecule has 0 fully saturated rings. The van der Waals surface area contributed by atoms with Crippen LogP contribution in [0, 0.1) is 0 Å². The van der Waals surface area contributed by atoms with Gasteiger partial charge in [-0.1, -0.05) is 75.7 Å². The predicted octanol–water partition coefficient (Wildman–Crippen LogP) is 8.05. The van der Waals surface area contributed by atoms with Crippen LogP contribution in [0.15, 0.2) is 73.3 Å². The minimum absolute atomic E-state index is 0.00183. The number of fused-ring (bicyclic) bond motifs is 1. The Balaban J connectivity index is 1.73. The van der Waals surface area contributed by atoms with Crippen LogP contribution in [0.3, 0.4) is 0 Å². The van der Waals surface area contributed by atoms with Crippen molar-refractivity contribution >= 4 is 23.5 Å². The molecule has 1 aliphatic rings. The summed E-state index contributed by atoms with van der Waals surface area (Å²) in [5.74, 6) is -1.65. The first-order valence-electron chi connectivity index (χ1n) is 13.0. The molecule has 1 unspecified atom stereocenters. The third-order valence-corrected chi connectivity index (χ3v) is 8.06. The number of carbonyl (C=O) groups excluding carboxylic acids is 1. The van der Waals surface area contributed by atoms with Gasteiger partial charge in [-0.3, -0.25) is 4.79 Å². The van der Waals surface area contributed by atoms with Gasteiger partial charge in [-0.05, 0) is 94.7 Å². The summed E-state index contributed by atoms with van der Waals surface area (Å²) in [6.45, 7) is 12.8. The van der Waals surface area contributed by atoms with E-state index in [9.17, 15) is 14.7 Å². The average molecular weight is 531 g/mol. The van der Waals surface area contributed by atoms with E-state index in [2.05, 4.69) is 52.5 Å². The fourth-order valence-electron chi connectivity index (χ4n) is 5.37. The molecule has 1 aliphatic carbocycles. The van der Waals surface area contributed by atoms with E-state index in [0.29, 0.717) is 29.2 Å². The van der Waals surface area contributed by atoms with Crippen LogP contribution in [0.5, 0.6) is 5.75 Å². The topological polar surface area (TPSA) is 63.6 Å². The van der Waals surface area contributed by atoms with Gasteiger partial charge < -0.3 is 9.84 Å². The van der Waals surface area contributed by atoms with Gasteiger partial charge in [-0.15, -0.1) is 6.58 Å². The number of allylic oxidation sites excluding steroid dienone is 1. The number of ether oxygens (including phenoxy) is 1. The SMILES string of the molecule is C=CCc1cc(OC(=O)C(Cc2ccc(Cl)cc2)c2ccc3c(c2)C(C)(C)CCC3(C)C)ccc1C(=O)O. The smallest absolute Gasteiger partial charge is 0.335 e. The number of hydrogen-bond acceptors (Lipinski definition) is 3. The Morgan fingerprint density at radius 1 is 0.974 bits per heavy atom. The molecule has 1 atom stereocenters. The summed E-state index contributed by atoms with van der Waals surface area (Å²) >= 11 is 6.11. The zero-order valence-corrected chi connectivity index (χ0v) is 23.3. The van der Waals surface area contributed by atoms with Gasteiger partial charge in [0.05, 0.1) is 11.5 Å².